The Morgan fingerprint density at radius 2 is 1.26 bits per heavy atom. The molecule has 288 valence electrons. The first-order chi connectivity index (χ1) is 23.9. The van der Waals surface area contributed by atoms with Crippen LogP contribution in [0.2, 0.25) is 0 Å². The standard InChI is InChI=1S/C30H51O17P3/c1-37-27-19-25(23-9-5-3-6-10-23)45-29(27)21-44-49(33,34)41-17-15-39-13-14-40-16-18-42-50(35,36)47-28-20-26(24-11-7-4-8-12-24)46-30(28)22-43-48(31,32)38-2/h3,5-6,9-10,24-30H,4,7-8,11-22H2,1-2H3,(H,31,32)(H,33,34)(H,35,36)/t25-,26-,27?,28?,29-,30-/m1/s1. The van der Waals surface area contributed by atoms with E-state index in [0.717, 1.165) is 44.8 Å². The zero-order valence-corrected chi connectivity index (χ0v) is 31.1. The van der Waals surface area contributed by atoms with Crippen molar-refractivity contribution in [1.29, 1.82) is 0 Å². The van der Waals surface area contributed by atoms with E-state index in [1.807, 2.05) is 30.3 Å². The molecule has 9 atom stereocenters. The monoisotopic (exact) mass is 776 g/mol. The highest BCUT2D eigenvalue weighted by molar-refractivity contribution is 7.47. The van der Waals surface area contributed by atoms with Crippen LogP contribution in [0.15, 0.2) is 30.3 Å². The molecule has 1 aliphatic carbocycles. The quantitative estimate of drug-likeness (QED) is 0.101. The van der Waals surface area contributed by atoms with Crippen molar-refractivity contribution in [2.45, 2.75) is 81.6 Å². The maximum atomic E-state index is 12.7. The van der Waals surface area contributed by atoms with Gasteiger partial charge in [-0.25, -0.2) is 13.7 Å². The molecule has 2 aliphatic heterocycles. The predicted molar refractivity (Wildman–Crippen MR) is 176 cm³/mol. The molecule has 50 heavy (non-hydrogen) atoms. The number of benzene rings is 1. The van der Waals surface area contributed by atoms with Gasteiger partial charge < -0.3 is 38.4 Å². The van der Waals surface area contributed by atoms with E-state index in [2.05, 4.69) is 4.52 Å². The first-order valence-corrected chi connectivity index (χ1v) is 21.2. The zero-order chi connectivity index (χ0) is 36.0. The lowest BCUT2D eigenvalue weighted by Gasteiger charge is -2.27. The van der Waals surface area contributed by atoms with Gasteiger partial charge in [-0.2, -0.15) is 0 Å². The molecule has 17 nitrogen and oxygen atoms in total. The van der Waals surface area contributed by atoms with Crippen LogP contribution in [0.4, 0.5) is 0 Å². The highest BCUT2D eigenvalue weighted by atomic mass is 31.2. The van der Waals surface area contributed by atoms with Crippen molar-refractivity contribution in [1.82, 2.24) is 0 Å². The minimum absolute atomic E-state index is 0.0174. The van der Waals surface area contributed by atoms with Gasteiger partial charge in [0.2, 0.25) is 0 Å². The Morgan fingerprint density at radius 1 is 0.680 bits per heavy atom. The maximum absolute atomic E-state index is 12.7. The van der Waals surface area contributed by atoms with E-state index in [9.17, 15) is 28.4 Å². The molecule has 3 fully saturated rings. The lowest BCUT2D eigenvalue weighted by Crippen LogP contribution is -2.29. The van der Waals surface area contributed by atoms with Gasteiger partial charge in [0, 0.05) is 27.1 Å². The molecule has 0 amide bonds. The van der Waals surface area contributed by atoms with E-state index in [1.165, 1.54) is 0 Å². The van der Waals surface area contributed by atoms with Crippen LogP contribution in [0.5, 0.6) is 0 Å². The van der Waals surface area contributed by atoms with Crippen molar-refractivity contribution in [3.8, 4) is 0 Å². The highest BCUT2D eigenvalue weighted by Gasteiger charge is 2.44. The SMILES string of the molecule is COC1C[C@H](c2ccccc2)O[C@@H]1COP(=O)(O)OCCOCCOCCOP(=O)(O)OC1C[C@H](C2CCCCC2)O[C@@H]1COP(=O)(O)OC. The van der Waals surface area contributed by atoms with Crippen molar-refractivity contribution in [3.05, 3.63) is 35.9 Å². The molecule has 1 saturated carbocycles. The fourth-order valence-corrected chi connectivity index (χ4v) is 8.27. The summed E-state index contributed by atoms with van der Waals surface area (Å²) in [6, 6.07) is 9.62. The van der Waals surface area contributed by atoms with Gasteiger partial charge in [0.1, 0.15) is 18.3 Å². The molecule has 2 heterocycles. The van der Waals surface area contributed by atoms with Gasteiger partial charge in [0.15, 0.2) is 0 Å². The van der Waals surface area contributed by atoms with E-state index in [-0.39, 0.29) is 77.1 Å². The fraction of sp³-hybridized carbons (Fsp3) is 0.800. The number of phosphoric acid groups is 3. The summed E-state index contributed by atoms with van der Waals surface area (Å²) in [6.07, 6.45) is 2.99. The van der Waals surface area contributed by atoms with Crippen LogP contribution >= 0.6 is 23.5 Å². The third kappa shape index (κ3) is 14.3. The fourth-order valence-electron chi connectivity index (χ4n) is 6.18. The Morgan fingerprint density at radius 3 is 1.88 bits per heavy atom. The Labute approximate surface area is 292 Å². The van der Waals surface area contributed by atoms with Crippen molar-refractivity contribution in [2.75, 3.05) is 67.1 Å². The number of hydrogen-bond donors (Lipinski definition) is 3. The molecule has 0 aromatic heterocycles. The maximum Gasteiger partial charge on any atom is 0.472 e. The molecule has 2 saturated heterocycles. The third-order valence-electron chi connectivity index (χ3n) is 8.72. The molecule has 0 radical (unpaired) electrons. The summed E-state index contributed by atoms with van der Waals surface area (Å²) >= 11 is 0. The molecule has 0 spiro atoms. The summed E-state index contributed by atoms with van der Waals surface area (Å²) in [5.74, 6) is 0.251. The predicted octanol–water partition coefficient (Wildman–Crippen LogP) is 4.70. The summed E-state index contributed by atoms with van der Waals surface area (Å²) in [5, 5.41) is 0. The first kappa shape index (κ1) is 42.1. The number of rotatable bonds is 23. The highest BCUT2D eigenvalue weighted by Crippen LogP contribution is 2.50. The smallest absolute Gasteiger partial charge is 0.379 e. The van der Waals surface area contributed by atoms with Gasteiger partial charge in [-0.3, -0.25) is 27.1 Å². The van der Waals surface area contributed by atoms with Gasteiger partial charge in [-0.1, -0.05) is 49.6 Å². The number of phosphoric ester groups is 3. The molecule has 1 aromatic rings. The van der Waals surface area contributed by atoms with Crippen LogP contribution in [0.25, 0.3) is 0 Å². The number of hydrogen-bond acceptors (Lipinski definition) is 14. The van der Waals surface area contributed by atoms with Crippen molar-refractivity contribution >= 4 is 23.5 Å². The van der Waals surface area contributed by atoms with Crippen LogP contribution in [-0.4, -0.2) is 112 Å². The van der Waals surface area contributed by atoms with E-state index in [4.69, 9.17) is 46.3 Å². The first-order valence-electron chi connectivity index (χ1n) is 16.7. The number of methoxy groups -OCH3 is 1. The van der Waals surface area contributed by atoms with Gasteiger partial charge in [0.25, 0.3) is 0 Å². The number of ether oxygens (including phenoxy) is 5. The molecule has 5 unspecified atom stereocenters. The van der Waals surface area contributed by atoms with Crippen LogP contribution < -0.4 is 0 Å². The minimum Gasteiger partial charge on any atom is -0.379 e. The largest absolute Gasteiger partial charge is 0.472 e. The minimum atomic E-state index is -4.54. The summed E-state index contributed by atoms with van der Waals surface area (Å²) in [7, 11) is -10.6. The second-order valence-corrected chi connectivity index (χ2v) is 16.6. The van der Waals surface area contributed by atoms with Crippen molar-refractivity contribution in [2.24, 2.45) is 5.92 Å². The third-order valence-corrected chi connectivity index (χ3v) is 11.7. The zero-order valence-electron chi connectivity index (χ0n) is 28.4. The van der Waals surface area contributed by atoms with Crippen molar-refractivity contribution in [3.63, 3.8) is 0 Å². The Hall–Kier alpha value is -0.650. The van der Waals surface area contributed by atoms with Gasteiger partial charge in [-0.05, 0) is 24.3 Å². The normalized spacial score (nSPS) is 29.8. The van der Waals surface area contributed by atoms with Gasteiger partial charge >= 0.3 is 23.5 Å². The lowest BCUT2D eigenvalue weighted by atomic mass is 9.84. The second kappa shape index (κ2) is 20.7. The average Bonchev–Trinajstić information content (AvgIpc) is 3.71. The van der Waals surface area contributed by atoms with E-state index >= 15 is 0 Å². The van der Waals surface area contributed by atoms with Crippen LogP contribution in [0, 0.1) is 5.92 Å². The summed E-state index contributed by atoms with van der Waals surface area (Å²) in [6.45, 7) is -0.893. The Bertz CT molecular complexity index is 1270. The van der Waals surface area contributed by atoms with Gasteiger partial charge in [-0.15, -0.1) is 0 Å². The van der Waals surface area contributed by atoms with Crippen LogP contribution in [0.3, 0.4) is 0 Å². The molecule has 3 N–H and O–H groups in total. The molecule has 4 rings (SSSR count). The lowest BCUT2D eigenvalue weighted by molar-refractivity contribution is -0.0441. The molecule has 20 heteroatoms. The second-order valence-electron chi connectivity index (χ2n) is 12.1. The molecule has 1 aromatic carbocycles. The Balaban J connectivity index is 1.06. The van der Waals surface area contributed by atoms with E-state index in [0.29, 0.717) is 12.8 Å². The molecular weight excluding hydrogens is 725 g/mol. The molecule has 3 aliphatic rings. The van der Waals surface area contributed by atoms with Crippen LogP contribution in [0.1, 0.15) is 56.6 Å². The van der Waals surface area contributed by atoms with Gasteiger partial charge in [0.05, 0.1) is 71.2 Å². The molecule has 0 bridgehead atoms. The van der Waals surface area contributed by atoms with E-state index < -0.39 is 41.8 Å². The topological polar surface area (TPSA) is 213 Å². The van der Waals surface area contributed by atoms with E-state index in [1.54, 1.807) is 7.11 Å². The Kier molecular flexibility index (Phi) is 17.4. The summed E-state index contributed by atoms with van der Waals surface area (Å²) in [4.78, 5) is 30.0. The van der Waals surface area contributed by atoms with Crippen LogP contribution in [-0.2, 0) is 64.5 Å². The summed E-state index contributed by atoms with van der Waals surface area (Å²) in [5.41, 5.74) is 0.983. The average molecular weight is 777 g/mol. The molecular formula is C30H51O17P3. The summed E-state index contributed by atoms with van der Waals surface area (Å²) < 4.78 is 95.1. The van der Waals surface area contributed by atoms with Crippen molar-refractivity contribution < 1.29 is 79.2 Å².